The molecule has 0 spiro atoms. The third-order valence-electron chi connectivity index (χ3n) is 2.32. The third-order valence-corrected chi connectivity index (χ3v) is 3.90. The second-order valence-corrected chi connectivity index (χ2v) is 6.13. The minimum atomic E-state index is -4.50. The number of rotatable bonds is 1. The van der Waals surface area contributed by atoms with Gasteiger partial charge in [-0.3, -0.25) is 4.79 Å². The van der Waals surface area contributed by atoms with Crippen LogP contribution < -0.4 is 5.32 Å². The fourth-order valence-electron chi connectivity index (χ4n) is 1.54. The SMILES string of the molecule is O=C1NC(S)S/C1=C\c1cc(Cl)ccc1C(F)(F)F. The quantitative estimate of drug-likeness (QED) is 0.608. The normalized spacial score (nSPS) is 21.8. The van der Waals surface area contributed by atoms with E-state index < -0.39 is 22.4 Å². The molecular formula is C11H7ClF3NOS2. The summed E-state index contributed by atoms with van der Waals surface area (Å²) >= 11 is 10.8. The average molecular weight is 326 g/mol. The first-order valence-corrected chi connectivity index (χ1v) is 6.79. The Bertz CT molecular complexity index is 559. The summed E-state index contributed by atoms with van der Waals surface area (Å²) in [4.78, 5) is 11.6. The second-order valence-electron chi connectivity index (χ2n) is 3.68. The van der Waals surface area contributed by atoms with Gasteiger partial charge in [0, 0.05) is 5.02 Å². The minimum absolute atomic E-state index is 0.139. The van der Waals surface area contributed by atoms with Gasteiger partial charge in [0.25, 0.3) is 5.91 Å². The Morgan fingerprint density at radius 2 is 2.11 bits per heavy atom. The number of benzene rings is 1. The van der Waals surface area contributed by atoms with Crippen LogP contribution in [0.5, 0.6) is 0 Å². The van der Waals surface area contributed by atoms with Crippen molar-refractivity contribution in [2.45, 2.75) is 10.9 Å². The molecule has 8 heteroatoms. The number of hydrogen-bond acceptors (Lipinski definition) is 3. The van der Waals surface area contributed by atoms with Crippen molar-refractivity contribution >= 4 is 48.0 Å². The van der Waals surface area contributed by atoms with Gasteiger partial charge in [0.15, 0.2) is 0 Å². The highest BCUT2D eigenvalue weighted by Gasteiger charge is 2.33. The molecule has 2 rings (SSSR count). The molecule has 0 bridgehead atoms. The van der Waals surface area contributed by atoms with Crippen LogP contribution in [0.3, 0.4) is 0 Å². The van der Waals surface area contributed by atoms with Gasteiger partial charge in [0.2, 0.25) is 0 Å². The van der Waals surface area contributed by atoms with Crippen molar-refractivity contribution < 1.29 is 18.0 Å². The monoisotopic (exact) mass is 325 g/mol. The van der Waals surface area contributed by atoms with Gasteiger partial charge in [0.1, 0.15) is 4.71 Å². The smallest absolute Gasteiger partial charge is 0.331 e. The zero-order chi connectivity index (χ0) is 14.2. The molecule has 102 valence electrons. The number of amides is 1. The standard InChI is InChI=1S/C11H7ClF3NOS2/c12-6-1-2-7(11(13,14)15)5(3-6)4-8-9(17)16-10(18)19-8/h1-4,10,18H,(H,16,17)/b8-4-. The number of thioether (sulfide) groups is 1. The van der Waals surface area contributed by atoms with Gasteiger partial charge in [-0.2, -0.15) is 13.2 Å². The fraction of sp³-hybridized carbons (Fsp3) is 0.182. The van der Waals surface area contributed by atoms with Crippen molar-refractivity contribution in [1.82, 2.24) is 5.32 Å². The van der Waals surface area contributed by atoms with Crippen LogP contribution in [0.25, 0.3) is 6.08 Å². The molecule has 0 aromatic heterocycles. The number of alkyl halides is 3. The van der Waals surface area contributed by atoms with Gasteiger partial charge < -0.3 is 5.32 Å². The average Bonchev–Trinajstić information content (AvgIpc) is 2.55. The van der Waals surface area contributed by atoms with Crippen LogP contribution in [0, 0.1) is 0 Å². The van der Waals surface area contributed by atoms with E-state index in [0.717, 1.165) is 23.9 Å². The topological polar surface area (TPSA) is 29.1 Å². The highest BCUT2D eigenvalue weighted by Crippen LogP contribution is 2.37. The Balaban J connectivity index is 2.47. The van der Waals surface area contributed by atoms with Crippen LogP contribution in [-0.2, 0) is 11.0 Å². The van der Waals surface area contributed by atoms with Crippen LogP contribution in [-0.4, -0.2) is 10.6 Å². The number of carbonyl (C=O) groups is 1. The predicted molar refractivity (Wildman–Crippen MR) is 72.9 cm³/mol. The molecule has 1 aromatic carbocycles. The van der Waals surface area contributed by atoms with Gasteiger partial charge in [-0.25, -0.2) is 0 Å². The third kappa shape index (κ3) is 3.40. The molecule has 0 radical (unpaired) electrons. The first-order valence-electron chi connectivity index (χ1n) is 5.01. The number of hydrogen-bond donors (Lipinski definition) is 2. The van der Waals surface area contributed by atoms with Crippen LogP contribution in [0.2, 0.25) is 5.02 Å². The van der Waals surface area contributed by atoms with Gasteiger partial charge in [0.05, 0.1) is 10.5 Å². The van der Waals surface area contributed by atoms with Crippen LogP contribution >= 0.6 is 36.0 Å². The molecule has 1 saturated heterocycles. The Hall–Kier alpha value is -0.790. The van der Waals surface area contributed by atoms with Gasteiger partial charge in [-0.15, -0.1) is 12.6 Å². The zero-order valence-electron chi connectivity index (χ0n) is 9.16. The molecular weight excluding hydrogens is 319 g/mol. The van der Waals surface area contributed by atoms with Crippen LogP contribution in [0.1, 0.15) is 11.1 Å². The minimum Gasteiger partial charge on any atom is -0.331 e. The summed E-state index contributed by atoms with van der Waals surface area (Å²) in [6, 6.07) is 3.23. The van der Waals surface area contributed by atoms with Gasteiger partial charge in [-0.05, 0) is 29.8 Å². The summed E-state index contributed by atoms with van der Waals surface area (Å²) in [6.07, 6.45) is -3.33. The molecule has 1 N–H and O–H groups in total. The molecule has 1 fully saturated rings. The lowest BCUT2D eigenvalue weighted by Gasteiger charge is -2.10. The van der Waals surface area contributed by atoms with Crippen LogP contribution in [0.15, 0.2) is 23.1 Å². The lowest BCUT2D eigenvalue weighted by atomic mass is 10.1. The summed E-state index contributed by atoms with van der Waals surface area (Å²) in [5.74, 6) is -0.446. The van der Waals surface area contributed by atoms with E-state index in [4.69, 9.17) is 11.6 Å². The maximum absolute atomic E-state index is 12.8. The van der Waals surface area contributed by atoms with E-state index in [2.05, 4.69) is 17.9 Å². The van der Waals surface area contributed by atoms with E-state index in [1.807, 2.05) is 0 Å². The zero-order valence-corrected chi connectivity index (χ0v) is 11.6. The molecule has 1 atom stereocenters. The predicted octanol–water partition coefficient (Wildman–Crippen LogP) is 3.78. The Labute approximate surface area is 121 Å². The fourth-order valence-corrected chi connectivity index (χ4v) is 2.94. The molecule has 1 amide bonds. The number of halogens is 4. The molecule has 0 saturated carbocycles. The Morgan fingerprint density at radius 3 is 2.63 bits per heavy atom. The highest BCUT2D eigenvalue weighted by atomic mass is 35.5. The molecule has 19 heavy (non-hydrogen) atoms. The van der Waals surface area contributed by atoms with Crippen LogP contribution in [0.4, 0.5) is 13.2 Å². The summed E-state index contributed by atoms with van der Waals surface area (Å²) < 4.78 is 38.0. The van der Waals surface area contributed by atoms with E-state index in [1.165, 1.54) is 12.1 Å². The molecule has 0 aliphatic carbocycles. The van der Waals surface area contributed by atoms with E-state index >= 15 is 0 Å². The van der Waals surface area contributed by atoms with Crippen molar-refractivity contribution in [2.24, 2.45) is 0 Å². The van der Waals surface area contributed by atoms with Crippen molar-refractivity contribution in [3.8, 4) is 0 Å². The summed E-state index contributed by atoms with van der Waals surface area (Å²) in [5.41, 5.74) is -0.972. The van der Waals surface area contributed by atoms with E-state index in [9.17, 15) is 18.0 Å². The maximum atomic E-state index is 12.8. The summed E-state index contributed by atoms with van der Waals surface area (Å²) in [6.45, 7) is 0. The summed E-state index contributed by atoms with van der Waals surface area (Å²) in [7, 11) is 0. The van der Waals surface area contributed by atoms with Crippen molar-refractivity contribution in [3.05, 3.63) is 39.3 Å². The number of carbonyl (C=O) groups excluding carboxylic acids is 1. The van der Waals surface area contributed by atoms with Crippen molar-refractivity contribution in [1.29, 1.82) is 0 Å². The Kier molecular flexibility index (Phi) is 4.08. The van der Waals surface area contributed by atoms with Gasteiger partial charge >= 0.3 is 6.18 Å². The number of nitrogens with one attached hydrogen (secondary N) is 1. The van der Waals surface area contributed by atoms with E-state index in [0.29, 0.717) is 0 Å². The Morgan fingerprint density at radius 1 is 1.42 bits per heavy atom. The van der Waals surface area contributed by atoms with E-state index in [1.54, 1.807) is 0 Å². The van der Waals surface area contributed by atoms with Gasteiger partial charge in [-0.1, -0.05) is 23.4 Å². The number of thiol groups is 1. The lowest BCUT2D eigenvalue weighted by molar-refractivity contribution is -0.137. The first kappa shape index (κ1) is 14.6. The van der Waals surface area contributed by atoms with Crippen molar-refractivity contribution in [3.63, 3.8) is 0 Å². The maximum Gasteiger partial charge on any atom is 0.416 e. The summed E-state index contributed by atoms with van der Waals surface area (Å²) in [5, 5.41) is 2.64. The lowest BCUT2D eigenvalue weighted by Crippen LogP contribution is -2.19. The highest BCUT2D eigenvalue weighted by molar-refractivity contribution is 8.14. The molecule has 1 aromatic rings. The van der Waals surface area contributed by atoms with Crippen molar-refractivity contribution in [2.75, 3.05) is 0 Å². The second kappa shape index (κ2) is 5.30. The van der Waals surface area contributed by atoms with E-state index in [-0.39, 0.29) is 15.5 Å². The molecule has 1 aliphatic rings. The molecule has 2 nitrogen and oxygen atoms in total. The molecule has 1 unspecified atom stereocenters. The molecule has 1 heterocycles. The first-order chi connectivity index (χ1) is 8.77. The molecule has 1 aliphatic heterocycles. The largest absolute Gasteiger partial charge is 0.416 e.